The topological polar surface area (TPSA) is 253 Å². The molecule has 0 spiro atoms. The van der Waals surface area contributed by atoms with Crippen LogP contribution >= 0.6 is 0 Å². The van der Waals surface area contributed by atoms with Gasteiger partial charge in [0.25, 0.3) is 0 Å². The summed E-state index contributed by atoms with van der Waals surface area (Å²) in [5, 5.41) is 22.4. The zero-order chi connectivity index (χ0) is 36.2. The highest BCUT2D eigenvalue weighted by molar-refractivity contribution is 5.93. The van der Waals surface area contributed by atoms with Gasteiger partial charge in [0.2, 0.25) is 17.7 Å². The number of hydrogen-bond acceptors (Lipinski definition) is 10. The summed E-state index contributed by atoms with van der Waals surface area (Å²) in [5.74, 6) is -3.11. The largest absolute Gasteiger partial charge is 0.480 e. The number of rotatable bonds is 21. The van der Waals surface area contributed by atoms with Crippen molar-refractivity contribution in [1.82, 2.24) is 26.6 Å². The maximum atomic E-state index is 13.2. The third kappa shape index (κ3) is 22.5. The van der Waals surface area contributed by atoms with Crippen LogP contribution in [0.4, 0.5) is 9.59 Å². The number of amides is 5. The molecule has 16 nitrogen and oxygen atoms in total. The summed E-state index contributed by atoms with van der Waals surface area (Å²) >= 11 is 0. The fraction of sp³-hybridized carbons (Fsp3) is 0.806. The fourth-order valence-electron chi connectivity index (χ4n) is 4.08. The van der Waals surface area contributed by atoms with Gasteiger partial charge in [-0.05, 0) is 113 Å². The van der Waals surface area contributed by atoms with Crippen LogP contribution in [0.25, 0.3) is 0 Å². The number of alkyl carbamates (subject to hydrolysis) is 2. The molecule has 0 aromatic heterocycles. The van der Waals surface area contributed by atoms with Crippen LogP contribution in [-0.4, -0.2) is 96.0 Å². The third-order valence-electron chi connectivity index (χ3n) is 6.48. The SMILES string of the molecule is C[C@H](NC(=O)[C@H](CCCCNC(=O)OC(C)(C)C)NC(=O)[C@@H](N)CCCCNC(=O)OC(C)(C)C)C(=O)N[C@@H](CCCCN)C(=O)O. The summed E-state index contributed by atoms with van der Waals surface area (Å²) < 4.78 is 10.4. The van der Waals surface area contributed by atoms with Crippen LogP contribution in [0.3, 0.4) is 0 Å². The molecule has 16 heteroatoms. The number of aliphatic carboxylic acids is 1. The van der Waals surface area contributed by atoms with E-state index < -0.39 is 71.2 Å². The Kier molecular flexibility index (Phi) is 20.3. The van der Waals surface area contributed by atoms with E-state index in [4.69, 9.17) is 20.9 Å². The van der Waals surface area contributed by atoms with E-state index in [2.05, 4.69) is 26.6 Å². The third-order valence-corrected chi connectivity index (χ3v) is 6.48. The van der Waals surface area contributed by atoms with E-state index in [-0.39, 0.29) is 25.8 Å². The highest BCUT2D eigenvalue weighted by atomic mass is 16.6. The molecule has 0 aliphatic heterocycles. The molecule has 272 valence electrons. The zero-order valence-corrected chi connectivity index (χ0v) is 29.2. The van der Waals surface area contributed by atoms with Crippen molar-refractivity contribution in [3.05, 3.63) is 0 Å². The molecule has 0 saturated carbocycles. The van der Waals surface area contributed by atoms with Gasteiger partial charge in [0.05, 0.1) is 6.04 Å². The molecule has 4 atom stereocenters. The van der Waals surface area contributed by atoms with Gasteiger partial charge in [-0.25, -0.2) is 14.4 Å². The first-order valence-corrected chi connectivity index (χ1v) is 16.3. The molecule has 0 aliphatic carbocycles. The number of carbonyl (C=O) groups excluding carboxylic acids is 5. The second-order valence-corrected chi connectivity index (χ2v) is 13.4. The normalized spacial score (nSPS) is 14.1. The quantitative estimate of drug-likeness (QED) is 0.0808. The van der Waals surface area contributed by atoms with Crippen LogP contribution in [0.2, 0.25) is 0 Å². The van der Waals surface area contributed by atoms with Crippen LogP contribution in [0.5, 0.6) is 0 Å². The van der Waals surface area contributed by atoms with E-state index >= 15 is 0 Å². The van der Waals surface area contributed by atoms with E-state index in [0.717, 1.165) is 0 Å². The Bertz CT molecular complexity index is 1010. The maximum absolute atomic E-state index is 13.2. The summed E-state index contributed by atoms with van der Waals surface area (Å²) in [4.78, 5) is 74.1. The number of ether oxygens (including phenoxy) is 2. The standard InChI is InChI=1S/C31H59N7O9/c1-20(24(39)38-23(27(42)43)16-8-11-17-32)36-26(41)22(15-10-13-19-35-29(45)47-31(5,6)7)37-25(40)21(33)14-9-12-18-34-28(44)46-30(2,3)4/h20-23H,8-19,32-33H2,1-7H3,(H,34,44)(H,35,45)(H,36,41)(H,37,40)(H,38,39)(H,42,43)/t20-,21-,22-,23-/m0/s1. The summed E-state index contributed by atoms with van der Waals surface area (Å²) in [7, 11) is 0. The Balaban J connectivity index is 5.18. The molecule has 0 fully saturated rings. The van der Waals surface area contributed by atoms with Gasteiger partial charge in [-0.1, -0.05) is 0 Å². The number of hydrogen-bond donors (Lipinski definition) is 8. The summed E-state index contributed by atoms with van der Waals surface area (Å²) in [6.45, 7) is 12.9. The molecule has 0 aromatic carbocycles. The minimum atomic E-state index is -1.20. The van der Waals surface area contributed by atoms with E-state index in [1.807, 2.05) is 0 Å². The summed E-state index contributed by atoms with van der Waals surface area (Å²) in [6, 6.07) is -4.23. The van der Waals surface area contributed by atoms with E-state index in [1.54, 1.807) is 41.5 Å². The molecule has 0 unspecified atom stereocenters. The van der Waals surface area contributed by atoms with Crippen molar-refractivity contribution >= 4 is 35.9 Å². The molecule has 0 saturated heterocycles. The second kappa shape index (κ2) is 22.0. The number of carbonyl (C=O) groups is 6. The molecule has 47 heavy (non-hydrogen) atoms. The Morgan fingerprint density at radius 3 is 1.55 bits per heavy atom. The van der Waals surface area contributed by atoms with Gasteiger partial charge >= 0.3 is 18.2 Å². The Morgan fingerprint density at radius 1 is 0.638 bits per heavy atom. The first-order valence-electron chi connectivity index (χ1n) is 16.3. The lowest BCUT2D eigenvalue weighted by atomic mass is 10.1. The lowest BCUT2D eigenvalue weighted by Gasteiger charge is -2.24. The minimum absolute atomic E-state index is 0.172. The molecule has 0 bridgehead atoms. The Morgan fingerprint density at radius 2 is 1.09 bits per heavy atom. The number of carboxylic acids is 1. The minimum Gasteiger partial charge on any atom is -0.480 e. The van der Waals surface area contributed by atoms with Crippen LogP contribution in [0.1, 0.15) is 106 Å². The average molecular weight is 674 g/mol. The fourth-order valence-corrected chi connectivity index (χ4v) is 4.08. The summed E-state index contributed by atoms with van der Waals surface area (Å²) in [5.41, 5.74) is 10.3. The molecule has 0 radical (unpaired) electrons. The van der Waals surface area contributed by atoms with Gasteiger partial charge in [0.15, 0.2) is 0 Å². The van der Waals surface area contributed by atoms with Crippen molar-refractivity contribution in [3.8, 4) is 0 Å². The average Bonchev–Trinajstić information content (AvgIpc) is 2.93. The molecule has 5 amide bonds. The lowest BCUT2D eigenvalue weighted by Crippen LogP contribution is -2.56. The maximum Gasteiger partial charge on any atom is 0.407 e. The van der Waals surface area contributed by atoms with Gasteiger partial charge in [-0.15, -0.1) is 0 Å². The van der Waals surface area contributed by atoms with E-state index in [0.29, 0.717) is 51.6 Å². The lowest BCUT2D eigenvalue weighted by molar-refractivity contribution is -0.142. The van der Waals surface area contributed by atoms with Crippen molar-refractivity contribution in [3.63, 3.8) is 0 Å². The predicted molar refractivity (Wildman–Crippen MR) is 176 cm³/mol. The van der Waals surface area contributed by atoms with Gasteiger partial charge in [-0.2, -0.15) is 0 Å². The Hall–Kier alpha value is -3.66. The second-order valence-electron chi connectivity index (χ2n) is 13.4. The molecule has 0 rings (SSSR count). The zero-order valence-electron chi connectivity index (χ0n) is 29.2. The number of nitrogens with one attached hydrogen (secondary N) is 5. The van der Waals surface area contributed by atoms with Gasteiger partial charge in [-0.3, -0.25) is 14.4 Å². The van der Waals surface area contributed by atoms with Crippen molar-refractivity contribution < 1.29 is 43.3 Å². The Labute approximate surface area is 278 Å². The number of nitrogens with two attached hydrogens (primary N) is 2. The van der Waals surface area contributed by atoms with Crippen molar-refractivity contribution in [1.29, 1.82) is 0 Å². The number of unbranched alkanes of at least 4 members (excludes halogenated alkanes) is 3. The molecular weight excluding hydrogens is 614 g/mol. The van der Waals surface area contributed by atoms with Crippen molar-refractivity contribution in [2.75, 3.05) is 19.6 Å². The smallest absolute Gasteiger partial charge is 0.407 e. The molecule has 10 N–H and O–H groups in total. The number of carboxylic acid groups (broad SMARTS) is 1. The molecule has 0 heterocycles. The molecule has 0 aromatic rings. The van der Waals surface area contributed by atoms with E-state index in [1.165, 1.54) is 6.92 Å². The van der Waals surface area contributed by atoms with Crippen LogP contribution in [-0.2, 0) is 28.7 Å². The first kappa shape index (κ1) is 43.3. The van der Waals surface area contributed by atoms with Gasteiger partial charge < -0.3 is 52.6 Å². The monoisotopic (exact) mass is 673 g/mol. The van der Waals surface area contributed by atoms with Crippen LogP contribution in [0.15, 0.2) is 0 Å². The van der Waals surface area contributed by atoms with Gasteiger partial charge in [0.1, 0.15) is 29.3 Å². The highest BCUT2D eigenvalue weighted by Crippen LogP contribution is 2.09. The molecular formula is C31H59N7O9. The highest BCUT2D eigenvalue weighted by Gasteiger charge is 2.28. The van der Waals surface area contributed by atoms with Gasteiger partial charge in [0, 0.05) is 13.1 Å². The van der Waals surface area contributed by atoms with Crippen molar-refractivity contribution in [2.24, 2.45) is 11.5 Å². The van der Waals surface area contributed by atoms with Crippen LogP contribution < -0.4 is 38.1 Å². The molecule has 0 aliphatic rings. The van der Waals surface area contributed by atoms with Crippen LogP contribution in [0, 0.1) is 0 Å². The van der Waals surface area contributed by atoms with Crippen molar-refractivity contribution in [2.45, 2.75) is 142 Å². The first-order chi connectivity index (χ1) is 21.8. The summed E-state index contributed by atoms with van der Waals surface area (Å²) in [6.07, 6.45) is 2.59. The predicted octanol–water partition coefficient (Wildman–Crippen LogP) is 1.39. The van der Waals surface area contributed by atoms with E-state index in [9.17, 15) is 33.9 Å².